The van der Waals surface area contributed by atoms with E-state index < -0.39 is 18.2 Å². The predicted molar refractivity (Wildman–Crippen MR) is 68.9 cm³/mol. The van der Waals surface area contributed by atoms with Gasteiger partial charge in [0, 0.05) is 5.56 Å². The van der Waals surface area contributed by atoms with E-state index in [0.29, 0.717) is 18.4 Å². The maximum Gasteiger partial charge on any atom is 0.332 e. The SMILES string of the molecule is Cc1cc(F)cc(-c2noc(C3CCC(C(=O)O)O3)n2)c1. The second-order valence-corrected chi connectivity index (χ2v) is 5.00. The molecule has 1 fully saturated rings. The lowest BCUT2D eigenvalue weighted by Gasteiger charge is -2.05. The molecule has 0 saturated carbocycles. The van der Waals surface area contributed by atoms with Crippen LogP contribution in [0.1, 0.15) is 30.4 Å². The van der Waals surface area contributed by atoms with Gasteiger partial charge < -0.3 is 14.4 Å². The summed E-state index contributed by atoms with van der Waals surface area (Å²) in [6.07, 6.45) is -0.471. The smallest absolute Gasteiger partial charge is 0.332 e. The number of nitrogens with zero attached hydrogens (tertiary/aromatic N) is 2. The standard InChI is InChI=1S/C14H13FN2O4/c1-7-4-8(6-9(15)5-7)12-16-13(21-17-12)10-2-3-11(20-10)14(18)19/h4-6,10-11H,2-3H2,1H3,(H,18,19). The molecule has 1 N–H and O–H groups in total. The highest BCUT2D eigenvalue weighted by Crippen LogP contribution is 2.32. The Hall–Kier alpha value is -2.28. The number of hydrogen-bond acceptors (Lipinski definition) is 5. The quantitative estimate of drug-likeness (QED) is 0.935. The minimum absolute atomic E-state index is 0.218. The third kappa shape index (κ3) is 2.78. The van der Waals surface area contributed by atoms with Crippen molar-refractivity contribution in [3.8, 4) is 11.4 Å². The van der Waals surface area contributed by atoms with Crippen molar-refractivity contribution in [3.63, 3.8) is 0 Å². The van der Waals surface area contributed by atoms with E-state index in [9.17, 15) is 9.18 Å². The van der Waals surface area contributed by atoms with Gasteiger partial charge >= 0.3 is 5.97 Å². The number of hydrogen-bond donors (Lipinski definition) is 1. The molecule has 2 atom stereocenters. The van der Waals surface area contributed by atoms with Gasteiger partial charge in [-0.05, 0) is 43.5 Å². The molecule has 3 rings (SSSR count). The maximum absolute atomic E-state index is 13.4. The van der Waals surface area contributed by atoms with Crippen LogP contribution in [0.4, 0.5) is 4.39 Å². The highest BCUT2D eigenvalue weighted by molar-refractivity contribution is 5.72. The predicted octanol–water partition coefficient (Wildman–Crippen LogP) is 2.49. The summed E-state index contributed by atoms with van der Waals surface area (Å²) in [4.78, 5) is 15.0. The molecule has 0 radical (unpaired) electrons. The van der Waals surface area contributed by atoms with Gasteiger partial charge in [-0.1, -0.05) is 5.16 Å². The lowest BCUT2D eigenvalue weighted by atomic mass is 10.1. The number of carboxylic acid groups (broad SMARTS) is 1. The average molecular weight is 292 g/mol. The summed E-state index contributed by atoms with van der Waals surface area (Å²) in [5.74, 6) is -0.900. The number of carboxylic acids is 1. The Labute approximate surface area is 119 Å². The maximum atomic E-state index is 13.4. The summed E-state index contributed by atoms with van der Waals surface area (Å²) >= 11 is 0. The molecule has 1 aliphatic heterocycles. The largest absolute Gasteiger partial charge is 0.479 e. The van der Waals surface area contributed by atoms with Crippen LogP contribution in [0.3, 0.4) is 0 Å². The van der Waals surface area contributed by atoms with Crippen LogP contribution in [-0.2, 0) is 9.53 Å². The number of aryl methyl sites for hydroxylation is 1. The first-order chi connectivity index (χ1) is 10.0. The fraction of sp³-hybridized carbons (Fsp3) is 0.357. The topological polar surface area (TPSA) is 85.5 Å². The molecule has 0 spiro atoms. The van der Waals surface area contributed by atoms with Crippen LogP contribution in [0.5, 0.6) is 0 Å². The zero-order chi connectivity index (χ0) is 15.0. The number of carbonyl (C=O) groups is 1. The number of rotatable bonds is 3. The number of aromatic nitrogens is 2. The van der Waals surface area contributed by atoms with Crippen LogP contribution in [0.25, 0.3) is 11.4 Å². The number of halogens is 1. The normalized spacial score (nSPS) is 21.6. The van der Waals surface area contributed by atoms with E-state index in [2.05, 4.69) is 10.1 Å². The highest BCUT2D eigenvalue weighted by atomic mass is 19.1. The van der Waals surface area contributed by atoms with Crippen molar-refractivity contribution in [1.29, 1.82) is 0 Å². The summed E-state index contributed by atoms with van der Waals surface area (Å²) < 4.78 is 23.8. The van der Waals surface area contributed by atoms with E-state index in [4.69, 9.17) is 14.4 Å². The third-order valence-corrected chi connectivity index (χ3v) is 3.31. The average Bonchev–Trinajstić information content (AvgIpc) is 3.07. The molecule has 110 valence electrons. The third-order valence-electron chi connectivity index (χ3n) is 3.31. The zero-order valence-corrected chi connectivity index (χ0v) is 11.2. The van der Waals surface area contributed by atoms with Gasteiger partial charge in [0.15, 0.2) is 6.10 Å². The molecule has 0 amide bonds. The van der Waals surface area contributed by atoms with E-state index in [1.54, 1.807) is 13.0 Å². The van der Waals surface area contributed by atoms with Crippen LogP contribution in [0.15, 0.2) is 22.7 Å². The monoisotopic (exact) mass is 292 g/mol. The Morgan fingerprint density at radius 2 is 2.19 bits per heavy atom. The first kappa shape index (κ1) is 13.7. The lowest BCUT2D eigenvalue weighted by Crippen LogP contribution is -2.18. The lowest BCUT2D eigenvalue weighted by molar-refractivity contribution is -0.150. The Balaban J connectivity index is 1.82. The first-order valence-corrected chi connectivity index (χ1v) is 6.52. The van der Waals surface area contributed by atoms with Gasteiger partial charge in [-0.25, -0.2) is 9.18 Å². The van der Waals surface area contributed by atoms with E-state index >= 15 is 0 Å². The minimum Gasteiger partial charge on any atom is -0.479 e. The molecule has 1 aromatic heterocycles. The summed E-state index contributed by atoms with van der Waals surface area (Å²) in [7, 11) is 0. The van der Waals surface area contributed by atoms with Crippen LogP contribution >= 0.6 is 0 Å². The van der Waals surface area contributed by atoms with Gasteiger partial charge in [-0.3, -0.25) is 0 Å². The molecule has 6 nitrogen and oxygen atoms in total. The summed E-state index contributed by atoms with van der Waals surface area (Å²) in [5, 5.41) is 12.7. The zero-order valence-electron chi connectivity index (χ0n) is 11.2. The van der Waals surface area contributed by atoms with E-state index in [1.807, 2.05) is 0 Å². The van der Waals surface area contributed by atoms with Crippen molar-refractivity contribution in [2.24, 2.45) is 0 Å². The Morgan fingerprint density at radius 3 is 2.86 bits per heavy atom. The Kier molecular flexibility index (Phi) is 3.42. The van der Waals surface area contributed by atoms with Crippen LogP contribution in [0, 0.1) is 12.7 Å². The van der Waals surface area contributed by atoms with Gasteiger partial charge in [-0.2, -0.15) is 4.98 Å². The van der Waals surface area contributed by atoms with Gasteiger partial charge in [0.1, 0.15) is 11.9 Å². The number of benzene rings is 1. The fourth-order valence-corrected chi connectivity index (χ4v) is 2.35. The molecule has 0 aliphatic carbocycles. The molecule has 0 bridgehead atoms. The van der Waals surface area contributed by atoms with Crippen molar-refractivity contribution in [1.82, 2.24) is 10.1 Å². The summed E-state index contributed by atoms with van der Waals surface area (Å²) in [5.41, 5.74) is 1.26. The van der Waals surface area contributed by atoms with Crippen molar-refractivity contribution in [2.45, 2.75) is 32.0 Å². The van der Waals surface area contributed by atoms with E-state index in [-0.39, 0.29) is 17.5 Å². The molecule has 1 aromatic carbocycles. The molecule has 1 aliphatic rings. The highest BCUT2D eigenvalue weighted by Gasteiger charge is 2.34. The molecule has 21 heavy (non-hydrogen) atoms. The van der Waals surface area contributed by atoms with E-state index in [0.717, 1.165) is 5.56 Å². The van der Waals surface area contributed by atoms with Crippen molar-refractivity contribution in [2.75, 3.05) is 0 Å². The fourth-order valence-electron chi connectivity index (χ4n) is 2.35. The minimum atomic E-state index is -1.00. The molecule has 2 unspecified atom stereocenters. The van der Waals surface area contributed by atoms with Crippen molar-refractivity contribution < 1.29 is 23.6 Å². The van der Waals surface area contributed by atoms with Crippen LogP contribution in [0.2, 0.25) is 0 Å². The van der Waals surface area contributed by atoms with Crippen LogP contribution in [-0.4, -0.2) is 27.3 Å². The molecule has 1 saturated heterocycles. The molecule has 2 heterocycles. The second-order valence-electron chi connectivity index (χ2n) is 5.00. The van der Waals surface area contributed by atoms with Gasteiger partial charge in [0.2, 0.25) is 5.82 Å². The number of ether oxygens (including phenoxy) is 1. The van der Waals surface area contributed by atoms with Crippen molar-refractivity contribution in [3.05, 3.63) is 35.5 Å². The van der Waals surface area contributed by atoms with E-state index in [1.165, 1.54) is 12.1 Å². The summed E-state index contributed by atoms with van der Waals surface area (Å²) in [6, 6.07) is 4.46. The van der Waals surface area contributed by atoms with Gasteiger partial charge in [0.05, 0.1) is 0 Å². The second kappa shape index (κ2) is 5.25. The summed E-state index contributed by atoms with van der Waals surface area (Å²) in [6.45, 7) is 1.77. The molecular formula is C14H13FN2O4. The molecule has 2 aromatic rings. The van der Waals surface area contributed by atoms with Crippen LogP contribution < -0.4 is 0 Å². The number of aliphatic carboxylic acids is 1. The Bertz CT molecular complexity index is 665. The van der Waals surface area contributed by atoms with Crippen molar-refractivity contribution >= 4 is 5.97 Å². The molecular weight excluding hydrogens is 279 g/mol. The Morgan fingerprint density at radius 1 is 1.38 bits per heavy atom. The first-order valence-electron chi connectivity index (χ1n) is 6.52. The van der Waals surface area contributed by atoms with Gasteiger partial charge in [0.25, 0.3) is 5.89 Å². The molecule has 7 heteroatoms. The van der Waals surface area contributed by atoms with Gasteiger partial charge in [-0.15, -0.1) is 0 Å².